The van der Waals surface area contributed by atoms with Gasteiger partial charge in [0.15, 0.2) is 0 Å². The van der Waals surface area contributed by atoms with Gasteiger partial charge in [-0.1, -0.05) is 17.7 Å². The molecule has 0 unspecified atom stereocenters. The monoisotopic (exact) mass is 525 g/mol. The van der Waals surface area contributed by atoms with Crippen molar-refractivity contribution in [2.24, 2.45) is 5.92 Å². The predicted molar refractivity (Wildman–Crippen MR) is 131 cm³/mol. The van der Waals surface area contributed by atoms with Gasteiger partial charge in [0.25, 0.3) is 0 Å². The summed E-state index contributed by atoms with van der Waals surface area (Å²) in [6, 6.07) is 9.28. The van der Waals surface area contributed by atoms with E-state index in [4.69, 9.17) is 21.1 Å². The van der Waals surface area contributed by atoms with Gasteiger partial charge in [-0.05, 0) is 56.3 Å². The fourth-order valence-corrected chi connectivity index (χ4v) is 6.12. The molecule has 2 aliphatic rings. The van der Waals surface area contributed by atoms with Crippen molar-refractivity contribution in [2.45, 2.75) is 24.3 Å². The van der Waals surface area contributed by atoms with E-state index in [9.17, 15) is 17.6 Å². The largest absolute Gasteiger partial charge is 0.495 e. The summed E-state index contributed by atoms with van der Waals surface area (Å²) in [5.41, 5.74) is 0.970. The van der Waals surface area contributed by atoms with Crippen molar-refractivity contribution >= 4 is 33.2 Å². The number of rotatable bonds is 7. The Morgan fingerprint density at radius 2 is 1.86 bits per heavy atom. The van der Waals surface area contributed by atoms with Gasteiger partial charge >= 0.3 is 0 Å². The van der Waals surface area contributed by atoms with E-state index in [1.54, 1.807) is 24.3 Å². The Morgan fingerprint density at radius 3 is 2.51 bits per heavy atom. The van der Waals surface area contributed by atoms with Gasteiger partial charge < -0.3 is 14.8 Å². The van der Waals surface area contributed by atoms with Gasteiger partial charge in [0, 0.05) is 41.8 Å². The minimum absolute atomic E-state index is 0.0134. The number of hydrogen-bond donors (Lipinski definition) is 1. The number of morpholine rings is 1. The van der Waals surface area contributed by atoms with E-state index >= 15 is 0 Å². The molecule has 190 valence electrons. The summed E-state index contributed by atoms with van der Waals surface area (Å²) in [5, 5.41) is 3.23. The fourth-order valence-electron chi connectivity index (χ4n) is 4.37. The number of carbonyl (C=O) groups excluding carboxylic acids is 1. The van der Waals surface area contributed by atoms with Crippen LogP contribution in [0.3, 0.4) is 0 Å². The number of ether oxygens (including phenoxy) is 2. The van der Waals surface area contributed by atoms with Crippen LogP contribution >= 0.6 is 11.6 Å². The Labute approximate surface area is 210 Å². The Kier molecular flexibility index (Phi) is 8.28. The number of benzene rings is 2. The molecule has 1 N–H and O–H groups in total. The Balaban J connectivity index is 1.39. The van der Waals surface area contributed by atoms with Crippen molar-refractivity contribution in [1.82, 2.24) is 9.21 Å². The summed E-state index contributed by atoms with van der Waals surface area (Å²) < 4.78 is 52.4. The Morgan fingerprint density at radius 1 is 1.14 bits per heavy atom. The van der Waals surface area contributed by atoms with E-state index in [1.165, 1.54) is 23.5 Å². The third kappa shape index (κ3) is 6.13. The van der Waals surface area contributed by atoms with Crippen LogP contribution in [0.15, 0.2) is 41.3 Å². The Bertz CT molecular complexity index is 1170. The van der Waals surface area contributed by atoms with Crippen molar-refractivity contribution in [3.63, 3.8) is 0 Å². The highest BCUT2D eigenvalue weighted by atomic mass is 35.5. The van der Waals surface area contributed by atoms with Crippen molar-refractivity contribution in [3.8, 4) is 5.75 Å². The summed E-state index contributed by atoms with van der Waals surface area (Å²) in [7, 11) is -2.39. The van der Waals surface area contributed by atoms with Gasteiger partial charge in [0.1, 0.15) is 16.5 Å². The number of methoxy groups -OCH3 is 1. The standard InChI is InChI=1S/C24H29ClFN3O5S/c1-33-22-5-4-20(15-23(22)35(31,32)29-10-12-34-13-11-29)27-24(30)17-6-8-28(9-7-17)16-18-2-3-19(25)14-21(18)26/h2-5,14-15,17H,6-13,16H2,1H3,(H,27,30). The van der Waals surface area contributed by atoms with Crippen LogP contribution in [0, 0.1) is 11.7 Å². The second-order valence-corrected chi connectivity index (χ2v) is 11.0. The van der Waals surface area contributed by atoms with Crippen LogP contribution in [0.5, 0.6) is 5.75 Å². The number of nitrogens with zero attached hydrogens (tertiary/aromatic N) is 2. The lowest BCUT2D eigenvalue weighted by molar-refractivity contribution is -0.121. The molecule has 2 saturated heterocycles. The van der Waals surface area contributed by atoms with Gasteiger partial charge in [-0.15, -0.1) is 0 Å². The van der Waals surface area contributed by atoms with Crippen molar-refractivity contribution < 1.29 is 27.1 Å². The van der Waals surface area contributed by atoms with Crippen LogP contribution in [-0.4, -0.2) is 70.0 Å². The SMILES string of the molecule is COc1ccc(NC(=O)C2CCN(Cc3ccc(Cl)cc3F)CC2)cc1S(=O)(=O)N1CCOCC1. The number of nitrogens with one attached hydrogen (secondary N) is 1. The number of amides is 1. The van der Waals surface area contributed by atoms with Crippen LogP contribution in [0.25, 0.3) is 0 Å². The molecule has 4 rings (SSSR count). The van der Waals surface area contributed by atoms with E-state index in [1.807, 2.05) is 0 Å². The minimum Gasteiger partial charge on any atom is -0.495 e. The summed E-state index contributed by atoms with van der Waals surface area (Å²) >= 11 is 5.83. The summed E-state index contributed by atoms with van der Waals surface area (Å²) in [6.07, 6.45) is 1.24. The topological polar surface area (TPSA) is 88.2 Å². The average Bonchev–Trinajstić information content (AvgIpc) is 2.86. The van der Waals surface area contributed by atoms with Crippen LogP contribution in [0.2, 0.25) is 5.02 Å². The first kappa shape index (κ1) is 25.8. The zero-order valence-corrected chi connectivity index (χ0v) is 21.1. The molecular weight excluding hydrogens is 497 g/mol. The average molecular weight is 526 g/mol. The molecule has 8 nitrogen and oxygen atoms in total. The number of anilines is 1. The molecule has 2 aliphatic heterocycles. The highest BCUT2D eigenvalue weighted by molar-refractivity contribution is 7.89. The molecule has 0 saturated carbocycles. The lowest BCUT2D eigenvalue weighted by Gasteiger charge is -2.31. The quantitative estimate of drug-likeness (QED) is 0.596. The molecule has 0 atom stereocenters. The molecule has 0 spiro atoms. The highest BCUT2D eigenvalue weighted by Crippen LogP contribution is 2.31. The van der Waals surface area contributed by atoms with Crippen LogP contribution in [-0.2, 0) is 26.1 Å². The van der Waals surface area contributed by atoms with Gasteiger partial charge in [-0.25, -0.2) is 12.8 Å². The molecule has 0 radical (unpaired) electrons. The zero-order valence-electron chi connectivity index (χ0n) is 19.5. The highest BCUT2D eigenvalue weighted by Gasteiger charge is 2.30. The number of hydrogen-bond acceptors (Lipinski definition) is 6. The molecule has 2 aromatic carbocycles. The lowest BCUT2D eigenvalue weighted by Crippen LogP contribution is -2.40. The molecule has 0 aliphatic carbocycles. The maximum atomic E-state index is 14.1. The summed E-state index contributed by atoms with van der Waals surface area (Å²) in [4.78, 5) is 15.1. The first-order chi connectivity index (χ1) is 16.8. The van der Waals surface area contributed by atoms with Gasteiger partial charge in [0.2, 0.25) is 15.9 Å². The van der Waals surface area contributed by atoms with Crippen molar-refractivity contribution in [3.05, 3.63) is 52.8 Å². The summed E-state index contributed by atoms with van der Waals surface area (Å²) in [6.45, 7) is 2.96. The van der Waals surface area contributed by atoms with Crippen molar-refractivity contribution in [2.75, 3.05) is 51.8 Å². The molecule has 0 aromatic heterocycles. The fraction of sp³-hybridized carbons (Fsp3) is 0.458. The van der Waals surface area contributed by atoms with Crippen LogP contribution < -0.4 is 10.1 Å². The van der Waals surface area contributed by atoms with E-state index < -0.39 is 10.0 Å². The molecule has 2 heterocycles. The predicted octanol–water partition coefficient (Wildman–Crippen LogP) is 3.36. The first-order valence-corrected chi connectivity index (χ1v) is 13.3. The van der Waals surface area contributed by atoms with Crippen molar-refractivity contribution in [1.29, 1.82) is 0 Å². The third-order valence-corrected chi connectivity index (χ3v) is 8.54. The third-order valence-electron chi connectivity index (χ3n) is 6.39. The molecule has 35 heavy (non-hydrogen) atoms. The smallest absolute Gasteiger partial charge is 0.246 e. The van der Waals surface area contributed by atoms with Crippen LogP contribution in [0.1, 0.15) is 18.4 Å². The van der Waals surface area contributed by atoms with Gasteiger partial charge in [0.05, 0.1) is 20.3 Å². The van der Waals surface area contributed by atoms with E-state index in [0.717, 1.165) is 0 Å². The number of carbonyl (C=O) groups is 1. The first-order valence-electron chi connectivity index (χ1n) is 11.5. The second-order valence-electron chi connectivity index (χ2n) is 8.66. The number of halogens is 2. The summed E-state index contributed by atoms with van der Waals surface area (Å²) in [5.74, 6) is -0.498. The maximum Gasteiger partial charge on any atom is 0.246 e. The second kappa shape index (κ2) is 11.2. The molecular formula is C24H29ClFN3O5S. The van der Waals surface area contributed by atoms with E-state index in [0.29, 0.717) is 62.0 Å². The Hall–Kier alpha value is -2.24. The molecule has 2 aromatic rings. The van der Waals surface area contributed by atoms with Crippen LogP contribution in [0.4, 0.5) is 10.1 Å². The van der Waals surface area contributed by atoms with E-state index in [2.05, 4.69) is 10.2 Å². The molecule has 2 fully saturated rings. The normalized spacial score (nSPS) is 18.4. The zero-order chi connectivity index (χ0) is 25.0. The minimum atomic E-state index is -3.80. The maximum absolute atomic E-state index is 14.1. The number of sulfonamides is 1. The van der Waals surface area contributed by atoms with E-state index in [-0.39, 0.29) is 41.4 Å². The molecule has 0 bridgehead atoms. The number of piperidine rings is 1. The van der Waals surface area contributed by atoms with Gasteiger partial charge in [-0.2, -0.15) is 4.31 Å². The molecule has 11 heteroatoms. The molecule has 1 amide bonds. The lowest BCUT2D eigenvalue weighted by atomic mass is 9.95. The number of likely N-dealkylation sites (tertiary alicyclic amines) is 1. The van der Waals surface area contributed by atoms with Gasteiger partial charge in [-0.3, -0.25) is 9.69 Å².